The molecule has 1 atom stereocenters. The highest BCUT2D eigenvalue weighted by atomic mass is 32.2. The first-order chi connectivity index (χ1) is 12.8. The largest absolute Gasteiger partial charge is 0.497 e. The second-order valence-electron chi connectivity index (χ2n) is 5.68. The second-order valence-corrected chi connectivity index (χ2v) is 8.05. The van der Waals surface area contributed by atoms with Crippen molar-refractivity contribution in [2.45, 2.75) is 15.0 Å². The Kier molecular flexibility index (Phi) is 6.92. The zero-order chi connectivity index (χ0) is 18.2. The smallest absolute Gasteiger partial charge is 0.118 e. The molecule has 0 aliphatic rings. The Morgan fingerprint density at radius 3 is 1.77 bits per heavy atom. The fraction of sp³-hybridized carbons (Fsp3) is 0.182. The van der Waals surface area contributed by atoms with E-state index < -0.39 is 0 Å². The van der Waals surface area contributed by atoms with Gasteiger partial charge in [-0.25, -0.2) is 0 Å². The van der Waals surface area contributed by atoms with E-state index in [-0.39, 0.29) is 0 Å². The van der Waals surface area contributed by atoms with Gasteiger partial charge in [-0.3, -0.25) is 0 Å². The van der Waals surface area contributed by atoms with Crippen molar-refractivity contribution in [2.24, 2.45) is 0 Å². The minimum atomic E-state index is 0.372. The zero-order valence-electron chi connectivity index (χ0n) is 14.9. The van der Waals surface area contributed by atoms with E-state index in [1.807, 2.05) is 47.8 Å². The molecule has 134 valence electrons. The van der Waals surface area contributed by atoms with Gasteiger partial charge in [0.25, 0.3) is 0 Å². The van der Waals surface area contributed by atoms with Crippen LogP contribution in [-0.4, -0.2) is 20.0 Å². The van der Waals surface area contributed by atoms with Gasteiger partial charge >= 0.3 is 0 Å². The third kappa shape index (κ3) is 5.23. The first-order valence-corrected chi connectivity index (χ1v) is 10.3. The van der Waals surface area contributed by atoms with Gasteiger partial charge in [-0.2, -0.15) is 0 Å². The summed E-state index contributed by atoms with van der Waals surface area (Å²) in [6.45, 7) is 0. The molecule has 0 saturated carbocycles. The van der Waals surface area contributed by atoms with E-state index >= 15 is 0 Å². The summed E-state index contributed by atoms with van der Waals surface area (Å²) in [6.07, 6.45) is 0. The number of ether oxygens (including phenoxy) is 2. The Bertz CT molecular complexity index is 787. The van der Waals surface area contributed by atoms with Crippen molar-refractivity contribution in [2.75, 3.05) is 20.0 Å². The Labute approximate surface area is 163 Å². The molecule has 3 rings (SSSR count). The Hall–Kier alpha value is -2.04. The van der Waals surface area contributed by atoms with Gasteiger partial charge in [0.2, 0.25) is 0 Å². The highest BCUT2D eigenvalue weighted by molar-refractivity contribution is 8.03. The molecular weight excluding hydrogens is 360 g/mol. The lowest BCUT2D eigenvalue weighted by Gasteiger charge is -2.17. The topological polar surface area (TPSA) is 18.5 Å². The van der Waals surface area contributed by atoms with Crippen LogP contribution in [0.2, 0.25) is 0 Å². The monoisotopic (exact) mass is 382 g/mol. The molecule has 0 aromatic heterocycles. The van der Waals surface area contributed by atoms with Crippen LogP contribution >= 0.6 is 23.5 Å². The van der Waals surface area contributed by atoms with Gasteiger partial charge in [0, 0.05) is 20.8 Å². The summed E-state index contributed by atoms with van der Waals surface area (Å²) in [6, 6.07) is 27.2. The normalized spacial score (nSPS) is 11.8. The van der Waals surface area contributed by atoms with Crippen molar-refractivity contribution in [1.29, 1.82) is 0 Å². The fourth-order valence-corrected chi connectivity index (χ4v) is 4.78. The van der Waals surface area contributed by atoms with Crippen LogP contribution in [0.5, 0.6) is 11.5 Å². The van der Waals surface area contributed by atoms with Gasteiger partial charge in [-0.05, 0) is 54.1 Å². The quantitative estimate of drug-likeness (QED) is 0.424. The van der Waals surface area contributed by atoms with E-state index in [2.05, 4.69) is 54.6 Å². The molecule has 0 saturated heterocycles. The molecule has 0 spiro atoms. The van der Waals surface area contributed by atoms with Crippen molar-refractivity contribution in [1.82, 2.24) is 0 Å². The van der Waals surface area contributed by atoms with E-state index in [1.165, 1.54) is 15.4 Å². The third-order valence-electron chi connectivity index (χ3n) is 3.97. The number of rotatable bonds is 8. The number of benzene rings is 3. The molecule has 26 heavy (non-hydrogen) atoms. The molecule has 0 aliphatic heterocycles. The van der Waals surface area contributed by atoms with E-state index in [1.54, 1.807) is 14.2 Å². The van der Waals surface area contributed by atoms with Crippen molar-refractivity contribution in [3.8, 4) is 11.5 Å². The predicted octanol–water partition coefficient (Wildman–Crippen LogP) is 6.33. The molecular formula is C22H22O2S2. The summed E-state index contributed by atoms with van der Waals surface area (Å²) in [5, 5.41) is 0.372. The van der Waals surface area contributed by atoms with Gasteiger partial charge in [0.1, 0.15) is 11.5 Å². The summed E-state index contributed by atoms with van der Waals surface area (Å²) in [5.41, 5.74) is 1.34. The number of hydrogen-bond donors (Lipinski definition) is 0. The van der Waals surface area contributed by atoms with Gasteiger partial charge < -0.3 is 9.47 Å². The maximum Gasteiger partial charge on any atom is 0.118 e. The van der Waals surface area contributed by atoms with Crippen LogP contribution in [0.1, 0.15) is 10.8 Å². The number of methoxy groups -OCH3 is 2. The van der Waals surface area contributed by atoms with Crippen LogP contribution in [-0.2, 0) is 0 Å². The predicted molar refractivity (Wildman–Crippen MR) is 112 cm³/mol. The van der Waals surface area contributed by atoms with E-state index in [0.717, 1.165) is 17.3 Å². The lowest BCUT2D eigenvalue weighted by atomic mass is 10.2. The molecule has 3 aromatic carbocycles. The van der Waals surface area contributed by atoms with Crippen molar-refractivity contribution >= 4 is 23.5 Å². The number of thioether (sulfide) groups is 2. The van der Waals surface area contributed by atoms with Crippen LogP contribution in [0, 0.1) is 0 Å². The third-order valence-corrected chi connectivity index (χ3v) is 6.55. The molecule has 3 aromatic rings. The van der Waals surface area contributed by atoms with E-state index in [9.17, 15) is 0 Å². The zero-order valence-corrected chi connectivity index (χ0v) is 16.6. The summed E-state index contributed by atoms with van der Waals surface area (Å²) in [7, 11) is 3.39. The maximum absolute atomic E-state index is 5.26. The van der Waals surface area contributed by atoms with Gasteiger partial charge in [-0.1, -0.05) is 30.3 Å². The van der Waals surface area contributed by atoms with Crippen molar-refractivity contribution in [3.05, 3.63) is 84.4 Å². The van der Waals surface area contributed by atoms with Crippen LogP contribution < -0.4 is 9.47 Å². The average Bonchev–Trinajstić information content (AvgIpc) is 2.72. The average molecular weight is 383 g/mol. The molecule has 0 amide bonds. The SMILES string of the molecule is COc1ccc(SCC(Sc2ccc(OC)cc2)c2ccccc2)cc1. The molecule has 1 unspecified atom stereocenters. The summed E-state index contributed by atoms with van der Waals surface area (Å²) in [5.74, 6) is 2.77. The minimum Gasteiger partial charge on any atom is -0.497 e. The standard InChI is InChI=1S/C22H22O2S2/c1-23-18-8-12-20(13-9-18)25-16-22(17-6-4-3-5-7-17)26-21-14-10-19(24-2)11-15-21/h3-15,22H,16H2,1-2H3. The molecule has 0 aliphatic carbocycles. The van der Waals surface area contributed by atoms with E-state index in [0.29, 0.717) is 5.25 Å². The first kappa shape index (κ1) is 18.7. The van der Waals surface area contributed by atoms with Crippen molar-refractivity contribution < 1.29 is 9.47 Å². The second kappa shape index (κ2) is 9.60. The van der Waals surface area contributed by atoms with Gasteiger partial charge in [-0.15, -0.1) is 23.5 Å². The highest BCUT2D eigenvalue weighted by Crippen LogP contribution is 2.39. The molecule has 0 fully saturated rings. The Morgan fingerprint density at radius 2 is 1.23 bits per heavy atom. The molecule has 0 N–H and O–H groups in total. The van der Waals surface area contributed by atoms with Crippen LogP contribution in [0.15, 0.2) is 88.7 Å². The van der Waals surface area contributed by atoms with Gasteiger partial charge in [0.05, 0.1) is 14.2 Å². The molecule has 4 heteroatoms. The lowest BCUT2D eigenvalue weighted by Crippen LogP contribution is -1.97. The summed E-state index contributed by atoms with van der Waals surface area (Å²) < 4.78 is 10.5. The summed E-state index contributed by atoms with van der Waals surface area (Å²) in [4.78, 5) is 2.50. The first-order valence-electron chi connectivity index (χ1n) is 8.41. The van der Waals surface area contributed by atoms with Gasteiger partial charge in [0.15, 0.2) is 0 Å². The Morgan fingerprint density at radius 1 is 0.692 bits per heavy atom. The number of hydrogen-bond acceptors (Lipinski definition) is 4. The lowest BCUT2D eigenvalue weighted by molar-refractivity contribution is 0.414. The Balaban J connectivity index is 1.72. The molecule has 2 nitrogen and oxygen atoms in total. The summed E-state index contributed by atoms with van der Waals surface area (Å²) >= 11 is 3.76. The van der Waals surface area contributed by atoms with Crippen LogP contribution in [0.4, 0.5) is 0 Å². The maximum atomic E-state index is 5.26. The van der Waals surface area contributed by atoms with Crippen molar-refractivity contribution in [3.63, 3.8) is 0 Å². The molecule has 0 heterocycles. The van der Waals surface area contributed by atoms with Crippen LogP contribution in [0.25, 0.3) is 0 Å². The van der Waals surface area contributed by atoms with Crippen LogP contribution in [0.3, 0.4) is 0 Å². The fourth-order valence-electron chi connectivity index (χ4n) is 2.53. The molecule has 0 radical (unpaired) electrons. The minimum absolute atomic E-state index is 0.372. The van der Waals surface area contributed by atoms with E-state index in [4.69, 9.17) is 9.47 Å². The highest BCUT2D eigenvalue weighted by Gasteiger charge is 2.14. The molecule has 0 bridgehead atoms.